The van der Waals surface area contributed by atoms with E-state index in [0.29, 0.717) is 5.69 Å². The van der Waals surface area contributed by atoms with Gasteiger partial charge in [0.05, 0.1) is 0 Å². The first-order valence-electron chi connectivity index (χ1n) is 9.15. The zero-order valence-electron chi connectivity index (χ0n) is 18.0. The van der Waals surface area contributed by atoms with Crippen LogP contribution in [0.5, 0.6) is 0 Å². The first kappa shape index (κ1) is 26.0. The van der Waals surface area contributed by atoms with Crippen molar-refractivity contribution in [1.82, 2.24) is 4.98 Å². The normalized spacial score (nSPS) is 14.4. The van der Waals surface area contributed by atoms with E-state index < -0.39 is 60.9 Å². The van der Waals surface area contributed by atoms with Gasteiger partial charge in [0.25, 0.3) is 0 Å². The van der Waals surface area contributed by atoms with Gasteiger partial charge in [0, 0.05) is 45.7 Å². The molecule has 0 aromatic carbocycles. The average Bonchev–Trinajstić information content (AvgIpc) is 3.05. The smallest absolute Gasteiger partial charge is 0.303 e. The van der Waals surface area contributed by atoms with Crippen LogP contribution in [0.15, 0.2) is 5.38 Å². The van der Waals surface area contributed by atoms with Crippen LogP contribution in [0, 0.1) is 6.92 Å². The summed E-state index contributed by atoms with van der Waals surface area (Å²) in [5.74, 6) is -3.78. The Hall–Kier alpha value is -3.02. The van der Waals surface area contributed by atoms with E-state index in [-0.39, 0.29) is 5.01 Å². The third kappa shape index (κ3) is 9.11. The van der Waals surface area contributed by atoms with E-state index in [1.165, 1.54) is 0 Å². The summed E-state index contributed by atoms with van der Waals surface area (Å²) in [4.78, 5) is 62.7. The van der Waals surface area contributed by atoms with Gasteiger partial charge < -0.3 is 23.7 Å². The Morgan fingerprint density at radius 2 is 1.32 bits per heavy atom. The molecule has 0 saturated carbocycles. The molecule has 31 heavy (non-hydrogen) atoms. The van der Waals surface area contributed by atoms with Crippen LogP contribution in [0.25, 0.3) is 0 Å². The number of aromatic nitrogens is 1. The van der Waals surface area contributed by atoms with Crippen molar-refractivity contribution in [2.75, 3.05) is 6.61 Å². The van der Waals surface area contributed by atoms with Crippen LogP contribution < -0.4 is 0 Å². The minimum absolute atomic E-state index is 0.255. The van der Waals surface area contributed by atoms with Crippen molar-refractivity contribution in [2.45, 2.75) is 66.0 Å². The first-order chi connectivity index (χ1) is 14.4. The number of hydrogen-bond acceptors (Lipinski definition) is 12. The molecule has 12 heteroatoms. The molecule has 0 N–H and O–H groups in total. The van der Waals surface area contributed by atoms with Crippen molar-refractivity contribution in [2.24, 2.45) is 0 Å². The Morgan fingerprint density at radius 3 is 1.74 bits per heavy atom. The van der Waals surface area contributed by atoms with E-state index >= 15 is 0 Å². The molecular weight excluding hydrogens is 434 g/mol. The van der Waals surface area contributed by atoms with Crippen molar-refractivity contribution < 1.29 is 47.7 Å². The minimum Gasteiger partial charge on any atom is -0.462 e. The summed E-state index contributed by atoms with van der Waals surface area (Å²) in [6, 6.07) is 0. The summed E-state index contributed by atoms with van der Waals surface area (Å²) >= 11 is 1.12. The van der Waals surface area contributed by atoms with Crippen LogP contribution in [-0.2, 0) is 47.7 Å². The molecule has 0 aliphatic heterocycles. The molecule has 4 unspecified atom stereocenters. The van der Waals surface area contributed by atoms with E-state index in [2.05, 4.69) is 4.98 Å². The lowest BCUT2D eigenvalue weighted by atomic mass is 10.0. The van der Waals surface area contributed by atoms with Gasteiger partial charge in [-0.15, -0.1) is 11.3 Å². The first-order valence-corrected chi connectivity index (χ1v) is 10.0. The summed E-state index contributed by atoms with van der Waals surface area (Å²) in [6.45, 7) is 6.76. The number of aryl methyl sites for hydroxylation is 1. The fourth-order valence-corrected chi connectivity index (χ4v) is 3.44. The highest BCUT2D eigenvalue weighted by Crippen LogP contribution is 2.32. The number of esters is 5. The highest BCUT2D eigenvalue weighted by Gasteiger charge is 2.45. The Balaban J connectivity index is 3.53. The molecule has 0 radical (unpaired) electrons. The third-order valence-corrected chi connectivity index (χ3v) is 4.56. The molecule has 0 aliphatic rings. The molecule has 0 fully saturated rings. The quantitative estimate of drug-likeness (QED) is 0.370. The lowest BCUT2D eigenvalue weighted by Gasteiger charge is -2.34. The lowest BCUT2D eigenvalue weighted by molar-refractivity contribution is -0.203. The van der Waals surface area contributed by atoms with Gasteiger partial charge in [-0.2, -0.15) is 0 Å². The van der Waals surface area contributed by atoms with Crippen molar-refractivity contribution in [3.8, 4) is 0 Å². The van der Waals surface area contributed by atoms with Crippen LogP contribution in [0.1, 0.15) is 51.4 Å². The van der Waals surface area contributed by atoms with Crippen LogP contribution >= 0.6 is 11.3 Å². The maximum Gasteiger partial charge on any atom is 0.303 e. The number of rotatable bonds is 10. The molecule has 0 amide bonds. The maximum atomic E-state index is 11.9. The van der Waals surface area contributed by atoms with E-state index in [1.807, 2.05) is 0 Å². The Kier molecular flexibility index (Phi) is 10.1. The van der Waals surface area contributed by atoms with Crippen LogP contribution in [-0.4, -0.2) is 59.7 Å². The number of carbonyl (C=O) groups is 5. The largest absolute Gasteiger partial charge is 0.462 e. The van der Waals surface area contributed by atoms with Crippen molar-refractivity contribution >= 4 is 41.2 Å². The van der Waals surface area contributed by atoms with Crippen LogP contribution in [0.2, 0.25) is 0 Å². The summed E-state index contributed by atoms with van der Waals surface area (Å²) in [6.07, 6.45) is -5.61. The minimum atomic E-state index is -1.49. The molecule has 0 spiro atoms. The predicted molar refractivity (Wildman–Crippen MR) is 105 cm³/mol. The number of ether oxygens (including phenoxy) is 5. The Bertz CT molecular complexity index is 820. The molecule has 0 saturated heterocycles. The number of thiazole rings is 1. The SMILES string of the molecule is CC(=O)OCC(OC(C)=O)C(OC(C)=O)C(OC(C)=O)C(OC(C)=O)c1nc(C)cs1. The van der Waals surface area contributed by atoms with E-state index in [9.17, 15) is 24.0 Å². The molecular formula is C19H25NO10S. The summed E-state index contributed by atoms with van der Waals surface area (Å²) in [5, 5.41) is 1.94. The standard InChI is InChI=1S/C19H25NO10S/c1-9-8-31-19(20-9)18(30-14(6)25)17(29-13(5)24)16(28-12(4)23)15(27-11(3)22)7-26-10(2)21/h8,15-18H,7H2,1-6H3. The van der Waals surface area contributed by atoms with Gasteiger partial charge >= 0.3 is 29.8 Å². The summed E-state index contributed by atoms with van der Waals surface area (Å²) < 4.78 is 26.1. The third-order valence-electron chi connectivity index (χ3n) is 3.53. The number of nitrogens with zero attached hydrogens (tertiary/aromatic N) is 1. The highest BCUT2D eigenvalue weighted by molar-refractivity contribution is 7.09. The van der Waals surface area contributed by atoms with Gasteiger partial charge in [-0.05, 0) is 6.92 Å². The van der Waals surface area contributed by atoms with Gasteiger partial charge in [0.15, 0.2) is 24.4 Å². The number of hydrogen-bond donors (Lipinski definition) is 0. The molecule has 4 atom stereocenters. The highest BCUT2D eigenvalue weighted by atomic mass is 32.1. The van der Waals surface area contributed by atoms with Crippen LogP contribution in [0.3, 0.4) is 0 Å². The Morgan fingerprint density at radius 1 is 0.806 bits per heavy atom. The zero-order chi connectivity index (χ0) is 23.7. The van der Waals surface area contributed by atoms with Crippen molar-refractivity contribution in [1.29, 1.82) is 0 Å². The average molecular weight is 459 g/mol. The van der Waals surface area contributed by atoms with Gasteiger partial charge in [-0.1, -0.05) is 0 Å². The molecule has 0 bridgehead atoms. The molecule has 1 aromatic heterocycles. The second kappa shape index (κ2) is 12.0. The van der Waals surface area contributed by atoms with E-state index in [4.69, 9.17) is 23.7 Å². The summed E-state index contributed by atoms with van der Waals surface area (Å²) in [7, 11) is 0. The van der Waals surface area contributed by atoms with Crippen molar-refractivity contribution in [3.05, 3.63) is 16.1 Å². The monoisotopic (exact) mass is 459 g/mol. The zero-order valence-corrected chi connectivity index (χ0v) is 18.8. The molecule has 172 valence electrons. The fourth-order valence-electron chi connectivity index (χ4n) is 2.59. The van der Waals surface area contributed by atoms with Gasteiger partial charge in [-0.3, -0.25) is 24.0 Å². The summed E-state index contributed by atoms with van der Waals surface area (Å²) in [5.41, 5.74) is 0.610. The van der Waals surface area contributed by atoms with Crippen molar-refractivity contribution in [3.63, 3.8) is 0 Å². The van der Waals surface area contributed by atoms with E-state index in [0.717, 1.165) is 46.0 Å². The molecule has 1 aromatic rings. The topological polar surface area (TPSA) is 144 Å². The second-order valence-electron chi connectivity index (χ2n) is 6.46. The lowest BCUT2D eigenvalue weighted by Crippen LogP contribution is -2.50. The van der Waals surface area contributed by atoms with Gasteiger partial charge in [-0.25, -0.2) is 4.98 Å². The molecule has 11 nitrogen and oxygen atoms in total. The molecule has 0 aliphatic carbocycles. The maximum absolute atomic E-state index is 11.9. The van der Waals surface area contributed by atoms with Gasteiger partial charge in [0.1, 0.15) is 11.6 Å². The van der Waals surface area contributed by atoms with Crippen LogP contribution in [0.4, 0.5) is 0 Å². The van der Waals surface area contributed by atoms with Gasteiger partial charge in [0.2, 0.25) is 0 Å². The Labute approximate surface area is 183 Å². The molecule has 1 heterocycles. The molecule has 1 rings (SSSR count). The predicted octanol–water partition coefficient (Wildman–Crippen LogP) is 1.41. The fraction of sp³-hybridized carbons (Fsp3) is 0.579. The number of carbonyl (C=O) groups excluding carboxylic acids is 5. The van der Waals surface area contributed by atoms with E-state index in [1.54, 1.807) is 12.3 Å². The second-order valence-corrected chi connectivity index (χ2v) is 7.35.